The van der Waals surface area contributed by atoms with Gasteiger partial charge in [-0.05, 0) is 35.9 Å². The maximum atomic E-state index is 13.5. The predicted molar refractivity (Wildman–Crippen MR) is 131 cm³/mol. The molecule has 1 unspecified atom stereocenters. The standard InChI is InChI=1S/C26H24N4O4/c1-28-22-20(25(31)29(2)26(28)32)21(15-8-10-16(33-3)11-9-15)30-12-13-34-24(23(22)30)18-14-27-19-7-5-4-6-17(18)19/h4-11,14,24,27H,12-13H2,1-3H3. The van der Waals surface area contributed by atoms with Crippen LogP contribution in [0.5, 0.6) is 5.75 Å². The Morgan fingerprint density at radius 1 is 1.03 bits per heavy atom. The van der Waals surface area contributed by atoms with Gasteiger partial charge in [-0.1, -0.05) is 18.2 Å². The Kier molecular flexibility index (Phi) is 4.53. The molecule has 0 saturated heterocycles. The number of H-pyrrole nitrogens is 1. The number of hydrogen-bond acceptors (Lipinski definition) is 4. The molecule has 1 aliphatic rings. The summed E-state index contributed by atoms with van der Waals surface area (Å²) in [6.45, 7) is 1.05. The summed E-state index contributed by atoms with van der Waals surface area (Å²) in [7, 11) is 4.86. The third-order valence-corrected chi connectivity index (χ3v) is 6.82. The molecule has 3 aromatic heterocycles. The Morgan fingerprint density at radius 3 is 2.56 bits per heavy atom. The monoisotopic (exact) mass is 456 g/mol. The summed E-state index contributed by atoms with van der Waals surface area (Å²) < 4.78 is 16.5. The fourth-order valence-electron chi connectivity index (χ4n) is 5.18. The van der Waals surface area contributed by atoms with Crippen LogP contribution < -0.4 is 16.0 Å². The average molecular weight is 457 g/mol. The summed E-state index contributed by atoms with van der Waals surface area (Å²) in [5.74, 6) is 0.735. The van der Waals surface area contributed by atoms with Crippen molar-refractivity contribution in [2.24, 2.45) is 14.1 Å². The Labute approximate surface area is 194 Å². The number of aryl methyl sites for hydroxylation is 1. The van der Waals surface area contributed by atoms with Crippen LogP contribution in [0.4, 0.5) is 0 Å². The van der Waals surface area contributed by atoms with Gasteiger partial charge in [-0.2, -0.15) is 0 Å². The van der Waals surface area contributed by atoms with Crippen LogP contribution in [0.25, 0.3) is 33.1 Å². The van der Waals surface area contributed by atoms with Gasteiger partial charge in [-0.15, -0.1) is 0 Å². The van der Waals surface area contributed by atoms with Crippen LogP contribution in [-0.4, -0.2) is 32.4 Å². The van der Waals surface area contributed by atoms with Crippen LogP contribution >= 0.6 is 0 Å². The number of aromatic amines is 1. The molecule has 8 heteroatoms. The van der Waals surface area contributed by atoms with Crippen molar-refractivity contribution in [2.75, 3.05) is 13.7 Å². The molecular formula is C26H24N4O4. The Bertz CT molecular complexity index is 1680. The van der Waals surface area contributed by atoms with Crippen LogP contribution in [0.3, 0.4) is 0 Å². The van der Waals surface area contributed by atoms with Gasteiger partial charge in [0.05, 0.1) is 36.0 Å². The predicted octanol–water partition coefficient (Wildman–Crippen LogP) is 3.32. The molecule has 1 N–H and O–H groups in total. The molecule has 6 rings (SSSR count). The molecule has 0 fully saturated rings. The highest BCUT2D eigenvalue weighted by atomic mass is 16.5. The maximum absolute atomic E-state index is 13.5. The van der Waals surface area contributed by atoms with Gasteiger partial charge in [0, 0.05) is 43.3 Å². The normalized spacial score (nSPS) is 15.7. The van der Waals surface area contributed by atoms with Crippen LogP contribution in [0.1, 0.15) is 17.4 Å². The Morgan fingerprint density at radius 2 is 1.79 bits per heavy atom. The molecule has 172 valence electrons. The molecule has 0 radical (unpaired) electrons. The van der Waals surface area contributed by atoms with Crippen molar-refractivity contribution >= 4 is 21.8 Å². The largest absolute Gasteiger partial charge is 0.497 e. The van der Waals surface area contributed by atoms with Crippen molar-refractivity contribution in [3.63, 3.8) is 0 Å². The topological polar surface area (TPSA) is 83.2 Å². The molecule has 0 aliphatic carbocycles. The number of rotatable bonds is 3. The first-order chi connectivity index (χ1) is 16.5. The van der Waals surface area contributed by atoms with Gasteiger partial charge < -0.3 is 19.0 Å². The molecule has 4 heterocycles. The van der Waals surface area contributed by atoms with Gasteiger partial charge in [-0.3, -0.25) is 13.9 Å². The highest BCUT2D eigenvalue weighted by Crippen LogP contribution is 2.42. The minimum Gasteiger partial charge on any atom is -0.497 e. The fourth-order valence-corrected chi connectivity index (χ4v) is 5.18. The molecule has 0 bridgehead atoms. The number of nitrogens with zero attached hydrogens (tertiary/aromatic N) is 3. The van der Waals surface area contributed by atoms with E-state index in [2.05, 4.69) is 15.6 Å². The second-order valence-corrected chi connectivity index (χ2v) is 8.58. The van der Waals surface area contributed by atoms with E-state index < -0.39 is 6.10 Å². The highest BCUT2D eigenvalue weighted by Gasteiger charge is 2.34. The van der Waals surface area contributed by atoms with E-state index >= 15 is 0 Å². The second-order valence-electron chi connectivity index (χ2n) is 8.58. The van der Waals surface area contributed by atoms with E-state index in [1.54, 1.807) is 18.7 Å². The molecule has 0 spiro atoms. The van der Waals surface area contributed by atoms with E-state index in [1.807, 2.05) is 48.7 Å². The highest BCUT2D eigenvalue weighted by molar-refractivity contribution is 5.97. The first kappa shape index (κ1) is 20.6. The van der Waals surface area contributed by atoms with Crippen molar-refractivity contribution < 1.29 is 9.47 Å². The molecule has 1 aliphatic heterocycles. The zero-order valence-corrected chi connectivity index (χ0v) is 19.2. The number of methoxy groups -OCH3 is 1. The average Bonchev–Trinajstić information content (AvgIpc) is 3.46. The van der Waals surface area contributed by atoms with Crippen LogP contribution in [-0.2, 0) is 25.4 Å². The zero-order valence-electron chi connectivity index (χ0n) is 19.2. The third kappa shape index (κ3) is 2.75. The van der Waals surface area contributed by atoms with Crippen molar-refractivity contribution in [1.29, 1.82) is 0 Å². The Hall–Kier alpha value is -4.04. The Balaban J connectivity index is 1.74. The fraction of sp³-hybridized carbons (Fsp3) is 0.231. The molecule has 34 heavy (non-hydrogen) atoms. The van der Waals surface area contributed by atoms with Gasteiger partial charge in [0.25, 0.3) is 5.56 Å². The number of nitrogens with one attached hydrogen (secondary N) is 1. The zero-order chi connectivity index (χ0) is 23.6. The number of aromatic nitrogens is 4. The van der Waals surface area contributed by atoms with Crippen LogP contribution in [0.2, 0.25) is 0 Å². The lowest BCUT2D eigenvalue weighted by molar-refractivity contribution is 0.0487. The SMILES string of the molecule is COc1ccc(-c2c3c(=O)n(C)c(=O)n(C)c3c3n2CCOC3c2c[nH]c3ccccc23)cc1. The number of para-hydroxylation sites is 1. The summed E-state index contributed by atoms with van der Waals surface area (Å²) >= 11 is 0. The van der Waals surface area contributed by atoms with Gasteiger partial charge >= 0.3 is 5.69 Å². The minimum absolute atomic E-state index is 0.316. The molecule has 2 aromatic carbocycles. The lowest BCUT2D eigenvalue weighted by atomic mass is 10.0. The van der Waals surface area contributed by atoms with E-state index in [0.29, 0.717) is 24.1 Å². The summed E-state index contributed by atoms with van der Waals surface area (Å²) in [4.78, 5) is 29.8. The number of hydrogen-bond donors (Lipinski definition) is 1. The first-order valence-electron chi connectivity index (χ1n) is 11.2. The summed E-state index contributed by atoms with van der Waals surface area (Å²) in [5, 5.41) is 1.57. The smallest absolute Gasteiger partial charge is 0.331 e. The quantitative estimate of drug-likeness (QED) is 0.452. The molecule has 0 amide bonds. The third-order valence-electron chi connectivity index (χ3n) is 6.82. The molecule has 0 saturated carbocycles. The van der Waals surface area contributed by atoms with E-state index in [-0.39, 0.29) is 11.2 Å². The van der Waals surface area contributed by atoms with Gasteiger partial charge in [-0.25, -0.2) is 4.79 Å². The van der Waals surface area contributed by atoms with Gasteiger partial charge in [0.2, 0.25) is 0 Å². The number of benzene rings is 2. The van der Waals surface area contributed by atoms with E-state index in [0.717, 1.165) is 39.2 Å². The van der Waals surface area contributed by atoms with Crippen molar-refractivity contribution in [1.82, 2.24) is 18.7 Å². The first-order valence-corrected chi connectivity index (χ1v) is 11.2. The van der Waals surface area contributed by atoms with E-state index in [9.17, 15) is 9.59 Å². The molecular weight excluding hydrogens is 432 g/mol. The van der Waals surface area contributed by atoms with Gasteiger partial charge in [0.15, 0.2) is 0 Å². The molecule has 5 aromatic rings. The summed E-state index contributed by atoms with van der Waals surface area (Å²) in [5.41, 5.74) is 4.39. The minimum atomic E-state index is -0.433. The van der Waals surface area contributed by atoms with E-state index in [4.69, 9.17) is 9.47 Å². The lowest BCUT2D eigenvalue weighted by Crippen LogP contribution is -2.37. The summed E-state index contributed by atoms with van der Waals surface area (Å²) in [6, 6.07) is 15.7. The van der Waals surface area contributed by atoms with E-state index in [1.165, 1.54) is 11.6 Å². The van der Waals surface area contributed by atoms with Crippen molar-refractivity contribution in [2.45, 2.75) is 12.6 Å². The lowest BCUT2D eigenvalue weighted by Gasteiger charge is -2.27. The molecule has 1 atom stereocenters. The van der Waals surface area contributed by atoms with Crippen LogP contribution in [0.15, 0.2) is 64.3 Å². The number of ether oxygens (including phenoxy) is 2. The van der Waals surface area contributed by atoms with Crippen LogP contribution in [0, 0.1) is 0 Å². The van der Waals surface area contributed by atoms with Crippen molar-refractivity contribution in [3.05, 3.63) is 86.8 Å². The number of fused-ring (bicyclic) bond motifs is 4. The van der Waals surface area contributed by atoms with Crippen molar-refractivity contribution in [3.8, 4) is 17.0 Å². The second kappa shape index (κ2) is 7.50. The van der Waals surface area contributed by atoms with Gasteiger partial charge in [0.1, 0.15) is 11.9 Å². The molecule has 8 nitrogen and oxygen atoms in total. The maximum Gasteiger partial charge on any atom is 0.331 e. The summed E-state index contributed by atoms with van der Waals surface area (Å²) in [6.07, 6.45) is 1.52.